The molecule has 0 saturated carbocycles. The quantitative estimate of drug-likeness (QED) is 0.718. The minimum Gasteiger partial charge on any atom is -0.347 e. The van der Waals surface area contributed by atoms with Crippen LogP contribution in [0, 0.1) is 0 Å². The molecule has 1 fully saturated rings. The molecule has 0 spiro atoms. The summed E-state index contributed by atoms with van der Waals surface area (Å²) >= 11 is 5.86. The number of sulfone groups is 1. The second kappa shape index (κ2) is 4.74. The van der Waals surface area contributed by atoms with Crippen LogP contribution in [-0.4, -0.2) is 42.2 Å². The summed E-state index contributed by atoms with van der Waals surface area (Å²) in [5.74, 6) is -0.820. The number of alkyl halides is 1. The molecule has 2 N–H and O–H groups in total. The second-order valence-electron chi connectivity index (χ2n) is 4.11. The van der Waals surface area contributed by atoms with Crippen molar-refractivity contribution in [2.24, 2.45) is 0 Å². The van der Waals surface area contributed by atoms with E-state index in [1.54, 1.807) is 0 Å². The number of nitrogens with one attached hydrogen (secondary N) is 2. The Morgan fingerprint density at radius 1 is 1.44 bits per heavy atom. The second-order valence-corrected chi connectivity index (χ2v) is 6.83. The number of rotatable bonds is 2. The topological polar surface area (TPSA) is 96.1 Å². The number of pyridine rings is 1. The van der Waals surface area contributed by atoms with Crippen LogP contribution in [0.25, 0.3) is 0 Å². The molecule has 1 aromatic rings. The highest BCUT2D eigenvalue weighted by Crippen LogP contribution is 2.18. The molecule has 0 radical (unpaired) electrons. The smallest absolute Gasteiger partial charge is 0.251 e. The number of carbonyl (C=O) groups is 1. The van der Waals surface area contributed by atoms with Gasteiger partial charge in [-0.2, -0.15) is 0 Å². The molecular weight excluding hydrogens is 280 g/mol. The lowest BCUT2D eigenvalue weighted by Crippen LogP contribution is -2.40. The Kier molecular flexibility index (Phi) is 3.45. The third-order valence-electron chi connectivity index (χ3n) is 2.64. The van der Waals surface area contributed by atoms with Crippen molar-refractivity contribution in [2.45, 2.75) is 11.4 Å². The van der Waals surface area contributed by atoms with Gasteiger partial charge in [-0.25, -0.2) is 8.42 Å². The van der Waals surface area contributed by atoms with Gasteiger partial charge < -0.3 is 10.3 Å². The van der Waals surface area contributed by atoms with Crippen LogP contribution in [0.3, 0.4) is 0 Å². The van der Waals surface area contributed by atoms with E-state index in [0.717, 1.165) is 6.07 Å². The van der Waals surface area contributed by atoms with Gasteiger partial charge in [0.2, 0.25) is 5.56 Å². The van der Waals surface area contributed by atoms with E-state index in [2.05, 4.69) is 10.3 Å². The minimum atomic E-state index is -3.20. The molecule has 2 rings (SSSR count). The Bertz CT molecular complexity index is 625. The number of carbonyl (C=O) groups excluding carboxylic acids is 1. The van der Waals surface area contributed by atoms with Crippen LogP contribution in [0.5, 0.6) is 0 Å². The third-order valence-corrected chi connectivity index (χ3v) is 5.01. The van der Waals surface area contributed by atoms with Crippen molar-refractivity contribution >= 4 is 27.3 Å². The summed E-state index contributed by atoms with van der Waals surface area (Å²) in [6.07, 6.45) is 1.35. The average molecular weight is 291 g/mol. The number of hydrogen-bond acceptors (Lipinski definition) is 4. The van der Waals surface area contributed by atoms with Gasteiger partial charge in [0.05, 0.1) is 22.9 Å². The molecule has 1 amide bonds. The minimum absolute atomic E-state index is 0.144. The standard InChI is InChI=1S/C10H11ClN2O4S/c11-7-4-18(16,17)5-8(7)13-10(15)6-1-2-12-9(14)3-6/h1-3,7-8H,4-5H2,(H,12,14)(H,13,15). The van der Waals surface area contributed by atoms with Gasteiger partial charge in [-0.15, -0.1) is 11.6 Å². The summed E-state index contributed by atoms with van der Waals surface area (Å²) in [7, 11) is -3.20. The summed E-state index contributed by atoms with van der Waals surface area (Å²) in [5, 5.41) is 1.89. The average Bonchev–Trinajstić information content (AvgIpc) is 2.51. The van der Waals surface area contributed by atoms with E-state index in [0.29, 0.717) is 0 Å². The summed E-state index contributed by atoms with van der Waals surface area (Å²) in [6, 6.07) is 1.95. The number of aromatic nitrogens is 1. The van der Waals surface area contributed by atoms with Gasteiger partial charge in [0, 0.05) is 17.8 Å². The molecule has 0 bridgehead atoms. The normalized spacial score (nSPS) is 25.8. The molecule has 1 saturated heterocycles. The molecule has 1 aromatic heterocycles. The predicted molar refractivity (Wildman–Crippen MR) is 66.6 cm³/mol. The summed E-state index contributed by atoms with van der Waals surface area (Å²) in [6.45, 7) is 0. The monoisotopic (exact) mass is 290 g/mol. The van der Waals surface area contributed by atoms with Crippen molar-refractivity contribution in [3.05, 3.63) is 34.2 Å². The Morgan fingerprint density at radius 2 is 2.17 bits per heavy atom. The lowest BCUT2D eigenvalue weighted by atomic mass is 10.2. The molecular formula is C10H11ClN2O4S. The number of hydrogen-bond donors (Lipinski definition) is 2. The first-order chi connectivity index (χ1) is 8.37. The first-order valence-electron chi connectivity index (χ1n) is 5.21. The molecule has 1 aliphatic heterocycles. The number of halogens is 1. The van der Waals surface area contributed by atoms with Gasteiger partial charge in [-0.05, 0) is 6.07 Å². The SMILES string of the molecule is O=C(NC1CS(=O)(=O)CC1Cl)c1cc[nH]c(=O)c1. The van der Waals surface area contributed by atoms with Gasteiger partial charge in [-0.3, -0.25) is 9.59 Å². The lowest BCUT2D eigenvalue weighted by Gasteiger charge is -2.13. The van der Waals surface area contributed by atoms with Gasteiger partial charge in [0.15, 0.2) is 9.84 Å². The van der Waals surface area contributed by atoms with Crippen LogP contribution in [0.1, 0.15) is 10.4 Å². The van der Waals surface area contributed by atoms with E-state index in [-0.39, 0.29) is 17.1 Å². The molecule has 6 nitrogen and oxygen atoms in total. The Balaban J connectivity index is 2.11. The van der Waals surface area contributed by atoms with Crippen LogP contribution < -0.4 is 10.9 Å². The van der Waals surface area contributed by atoms with Gasteiger partial charge >= 0.3 is 0 Å². The Morgan fingerprint density at radius 3 is 2.72 bits per heavy atom. The first kappa shape index (κ1) is 13.1. The largest absolute Gasteiger partial charge is 0.347 e. The van der Waals surface area contributed by atoms with Gasteiger partial charge in [-0.1, -0.05) is 0 Å². The lowest BCUT2D eigenvalue weighted by molar-refractivity contribution is 0.0941. The fourth-order valence-electron chi connectivity index (χ4n) is 1.77. The van der Waals surface area contributed by atoms with Crippen molar-refractivity contribution in [2.75, 3.05) is 11.5 Å². The first-order valence-corrected chi connectivity index (χ1v) is 7.47. The molecule has 0 aliphatic carbocycles. The maximum absolute atomic E-state index is 11.8. The van der Waals surface area contributed by atoms with Crippen molar-refractivity contribution in [3.8, 4) is 0 Å². The van der Waals surface area contributed by atoms with Crippen molar-refractivity contribution < 1.29 is 13.2 Å². The fourth-order valence-corrected chi connectivity index (χ4v) is 4.32. The molecule has 2 unspecified atom stereocenters. The van der Waals surface area contributed by atoms with E-state index in [9.17, 15) is 18.0 Å². The van der Waals surface area contributed by atoms with Crippen LogP contribution >= 0.6 is 11.6 Å². The summed E-state index contributed by atoms with van der Waals surface area (Å²) in [4.78, 5) is 25.2. The van der Waals surface area contributed by atoms with E-state index in [1.807, 2.05) is 0 Å². The fraction of sp³-hybridized carbons (Fsp3) is 0.400. The van der Waals surface area contributed by atoms with Crippen molar-refractivity contribution in [1.82, 2.24) is 10.3 Å². The molecule has 0 aromatic carbocycles. The van der Waals surface area contributed by atoms with E-state index in [1.165, 1.54) is 12.3 Å². The number of aromatic amines is 1. The van der Waals surface area contributed by atoms with Crippen LogP contribution in [0.2, 0.25) is 0 Å². The predicted octanol–water partition coefficient (Wildman–Crippen LogP) is -0.491. The molecule has 2 heterocycles. The highest BCUT2D eigenvalue weighted by atomic mass is 35.5. The molecule has 2 atom stereocenters. The number of H-pyrrole nitrogens is 1. The Hall–Kier alpha value is -1.34. The maximum atomic E-state index is 11.8. The van der Waals surface area contributed by atoms with Crippen LogP contribution in [0.4, 0.5) is 0 Å². The molecule has 98 valence electrons. The molecule has 8 heteroatoms. The zero-order valence-electron chi connectivity index (χ0n) is 9.22. The van der Waals surface area contributed by atoms with Crippen molar-refractivity contribution in [3.63, 3.8) is 0 Å². The Labute approximate surface area is 108 Å². The van der Waals surface area contributed by atoms with E-state index >= 15 is 0 Å². The number of amides is 1. The molecule has 1 aliphatic rings. The zero-order chi connectivity index (χ0) is 13.3. The highest BCUT2D eigenvalue weighted by Gasteiger charge is 2.37. The van der Waals surface area contributed by atoms with Crippen LogP contribution in [-0.2, 0) is 9.84 Å². The highest BCUT2D eigenvalue weighted by molar-refractivity contribution is 7.91. The third kappa shape index (κ3) is 2.91. The zero-order valence-corrected chi connectivity index (χ0v) is 10.8. The summed E-state index contributed by atoms with van der Waals surface area (Å²) < 4.78 is 22.7. The summed E-state index contributed by atoms with van der Waals surface area (Å²) in [5.41, 5.74) is -0.226. The van der Waals surface area contributed by atoms with E-state index < -0.39 is 32.7 Å². The van der Waals surface area contributed by atoms with E-state index in [4.69, 9.17) is 11.6 Å². The van der Waals surface area contributed by atoms with Gasteiger partial charge in [0.25, 0.3) is 5.91 Å². The molecule has 18 heavy (non-hydrogen) atoms. The van der Waals surface area contributed by atoms with Crippen LogP contribution in [0.15, 0.2) is 23.1 Å². The van der Waals surface area contributed by atoms with Crippen molar-refractivity contribution in [1.29, 1.82) is 0 Å². The maximum Gasteiger partial charge on any atom is 0.251 e. The van der Waals surface area contributed by atoms with Gasteiger partial charge in [0.1, 0.15) is 0 Å².